The van der Waals surface area contributed by atoms with Gasteiger partial charge in [0.05, 0.1) is 19.3 Å². The van der Waals surface area contributed by atoms with Crippen LogP contribution in [0.1, 0.15) is 21.8 Å². The number of rotatable bonds is 3. The minimum absolute atomic E-state index is 0.107. The van der Waals surface area contributed by atoms with Crippen molar-refractivity contribution in [2.24, 2.45) is 5.73 Å². The third-order valence-corrected chi connectivity index (χ3v) is 4.14. The Bertz CT molecular complexity index is 866. The van der Waals surface area contributed by atoms with E-state index in [1.165, 1.54) is 0 Å². The first-order chi connectivity index (χ1) is 11.3. The highest BCUT2D eigenvalue weighted by molar-refractivity contribution is 5.92. The summed E-state index contributed by atoms with van der Waals surface area (Å²) in [6, 6.07) is 7.93. The first kappa shape index (κ1) is 14.0. The van der Waals surface area contributed by atoms with Crippen LogP contribution in [-0.4, -0.2) is 38.9 Å². The van der Waals surface area contributed by atoms with Crippen LogP contribution in [0, 0.1) is 0 Å². The summed E-state index contributed by atoms with van der Waals surface area (Å²) in [5.41, 5.74) is 7.81. The van der Waals surface area contributed by atoms with E-state index in [1.807, 2.05) is 24.3 Å². The lowest BCUT2D eigenvalue weighted by Gasteiger charge is -2.25. The monoisotopic (exact) mass is 311 g/mol. The molecule has 0 atom stereocenters. The molecular weight excluding hydrogens is 294 g/mol. The van der Waals surface area contributed by atoms with Crippen LogP contribution in [0.4, 0.5) is 0 Å². The number of benzene rings is 1. The summed E-state index contributed by atoms with van der Waals surface area (Å²) in [5, 5.41) is 8.96. The van der Waals surface area contributed by atoms with Crippen molar-refractivity contribution in [2.45, 2.75) is 19.5 Å². The van der Waals surface area contributed by atoms with Gasteiger partial charge in [-0.05, 0) is 6.07 Å². The molecule has 0 bridgehead atoms. The highest BCUT2D eigenvalue weighted by Gasteiger charge is 2.27. The topological polar surface area (TPSA) is 90.2 Å². The zero-order chi connectivity index (χ0) is 15.8. The van der Waals surface area contributed by atoms with Crippen molar-refractivity contribution in [1.82, 2.24) is 19.9 Å². The first-order valence-corrected chi connectivity index (χ1v) is 7.65. The molecule has 1 aliphatic heterocycles. The van der Waals surface area contributed by atoms with Gasteiger partial charge in [0.1, 0.15) is 11.3 Å². The number of nitrogens with two attached hydrogens (primary N) is 1. The molecule has 2 N–H and O–H groups in total. The average Bonchev–Trinajstić information content (AvgIpc) is 3.18. The SMILES string of the molecule is NCCn1cc(C(=O)N2CCc3oc4ccccc4c3C2)nn1. The van der Waals surface area contributed by atoms with Gasteiger partial charge < -0.3 is 15.1 Å². The number of carbonyl (C=O) groups is 1. The van der Waals surface area contributed by atoms with Gasteiger partial charge in [-0.1, -0.05) is 23.4 Å². The van der Waals surface area contributed by atoms with Crippen LogP contribution < -0.4 is 5.73 Å². The number of carbonyl (C=O) groups excluding carboxylic acids is 1. The van der Waals surface area contributed by atoms with Crippen LogP contribution in [0.15, 0.2) is 34.9 Å². The van der Waals surface area contributed by atoms with Crippen LogP contribution in [0.5, 0.6) is 0 Å². The van der Waals surface area contributed by atoms with Gasteiger partial charge in [-0.25, -0.2) is 0 Å². The van der Waals surface area contributed by atoms with Gasteiger partial charge in [-0.2, -0.15) is 0 Å². The molecule has 23 heavy (non-hydrogen) atoms. The number of amides is 1. The van der Waals surface area contributed by atoms with E-state index in [2.05, 4.69) is 10.3 Å². The van der Waals surface area contributed by atoms with Crippen molar-refractivity contribution in [3.63, 3.8) is 0 Å². The molecule has 3 aromatic rings. The predicted molar refractivity (Wildman–Crippen MR) is 83.7 cm³/mol. The van der Waals surface area contributed by atoms with Gasteiger partial charge in [-0.3, -0.25) is 9.48 Å². The van der Waals surface area contributed by atoms with Gasteiger partial charge in [0, 0.05) is 30.5 Å². The Balaban J connectivity index is 1.60. The fraction of sp³-hybridized carbons (Fsp3) is 0.312. The normalized spacial score (nSPS) is 14.2. The van der Waals surface area contributed by atoms with E-state index in [0.29, 0.717) is 38.3 Å². The molecule has 1 amide bonds. The maximum atomic E-state index is 12.6. The van der Waals surface area contributed by atoms with E-state index < -0.39 is 0 Å². The van der Waals surface area contributed by atoms with Crippen LogP contribution in [0.25, 0.3) is 11.0 Å². The number of hydrogen-bond acceptors (Lipinski definition) is 5. The summed E-state index contributed by atoms with van der Waals surface area (Å²) in [6.45, 7) is 2.17. The molecule has 3 heterocycles. The second-order valence-electron chi connectivity index (χ2n) is 5.63. The van der Waals surface area contributed by atoms with E-state index in [9.17, 15) is 4.79 Å². The van der Waals surface area contributed by atoms with Gasteiger partial charge in [-0.15, -0.1) is 5.10 Å². The third kappa shape index (κ3) is 2.39. The summed E-state index contributed by atoms with van der Waals surface area (Å²) in [7, 11) is 0. The van der Waals surface area contributed by atoms with E-state index in [0.717, 1.165) is 22.3 Å². The Labute approximate surface area is 132 Å². The Morgan fingerprint density at radius 3 is 3.09 bits per heavy atom. The quantitative estimate of drug-likeness (QED) is 0.784. The van der Waals surface area contributed by atoms with Gasteiger partial charge in [0.15, 0.2) is 5.69 Å². The molecule has 7 heteroatoms. The van der Waals surface area contributed by atoms with Gasteiger partial charge in [0.25, 0.3) is 5.91 Å². The summed E-state index contributed by atoms with van der Waals surface area (Å²) < 4.78 is 7.47. The van der Waals surface area contributed by atoms with E-state index >= 15 is 0 Å². The number of nitrogens with zero attached hydrogens (tertiary/aromatic N) is 4. The Morgan fingerprint density at radius 2 is 2.22 bits per heavy atom. The van der Waals surface area contributed by atoms with Crippen molar-refractivity contribution in [1.29, 1.82) is 0 Å². The van der Waals surface area contributed by atoms with Crippen LogP contribution in [0.2, 0.25) is 0 Å². The molecule has 118 valence electrons. The molecule has 0 spiro atoms. The van der Waals surface area contributed by atoms with Crippen molar-refractivity contribution in [3.8, 4) is 0 Å². The van der Waals surface area contributed by atoms with E-state index in [4.69, 9.17) is 10.2 Å². The summed E-state index contributed by atoms with van der Waals surface area (Å²) in [6.07, 6.45) is 2.37. The number of fused-ring (bicyclic) bond motifs is 3. The number of para-hydroxylation sites is 1. The standard InChI is InChI=1S/C16H17N5O2/c17-6-8-21-10-13(18-19-21)16(22)20-7-5-15-12(9-20)11-3-1-2-4-14(11)23-15/h1-4,10H,5-9,17H2. The highest BCUT2D eigenvalue weighted by atomic mass is 16.3. The molecule has 1 aliphatic rings. The average molecular weight is 311 g/mol. The summed E-state index contributed by atoms with van der Waals surface area (Å²) in [4.78, 5) is 14.4. The molecule has 4 rings (SSSR count). The molecule has 0 unspecified atom stereocenters. The molecular formula is C16H17N5O2. The lowest BCUT2D eigenvalue weighted by atomic mass is 10.0. The number of aromatic nitrogens is 3. The number of furan rings is 1. The molecule has 0 radical (unpaired) electrons. The molecule has 0 saturated heterocycles. The molecule has 0 saturated carbocycles. The van der Waals surface area contributed by atoms with Gasteiger partial charge >= 0.3 is 0 Å². The van der Waals surface area contributed by atoms with E-state index in [1.54, 1.807) is 15.8 Å². The van der Waals surface area contributed by atoms with Crippen molar-refractivity contribution < 1.29 is 9.21 Å². The summed E-state index contributed by atoms with van der Waals surface area (Å²) >= 11 is 0. The second kappa shape index (κ2) is 5.51. The first-order valence-electron chi connectivity index (χ1n) is 7.65. The van der Waals surface area contributed by atoms with Crippen molar-refractivity contribution in [2.75, 3.05) is 13.1 Å². The largest absolute Gasteiger partial charge is 0.461 e. The Morgan fingerprint density at radius 1 is 1.35 bits per heavy atom. The lowest BCUT2D eigenvalue weighted by molar-refractivity contribution is 0.0724. The summed E-state index contributed by atoms with van der Waals surface area (Å²) in [5.74, 6) is 0.867. The van der Waals surface area contributed by atoms with Crippen molar-refractivity contribution in [3.05, 3.63) is 47.5 Å². The molecule has 0 aliphatic carbocycles. The van der Waals surface area contributed by atoms with Crippen LogP contribution >= 0.6 is 0 Å². The fourth-order valence-corrected chi connectivity index (χ4v) is 3.00. The van der Waals surface area contributed by atoms with Crippen LogP contribution in [0.3, 0.4) is 0 Å². The maximum Gasteiger partial charge on any atom is 0.276 e. The lowest BCUT2D eigenvalue weighted by Crippen LogP contribution is -2.35. The minimum Gasteiger partial charge on any atom is -0.461 e. The molecule has 2 aromatic heterocycles. The molecule has 7 nitrogen and oxygen atoms in total. The zero-order valence-corrected chi connectivity index (χ0v) is 12.6. The van der Waals surface area contributed by atoms with Crippen LogP contribution in [-0.2, 0) is 19.5 Å². The second-order valence-corrected chi connectivity index (χ2v) is 5.63. The third-order valence-electron chi connectivity index (χ3n) is 4.14. The Kier molecular flexibility index (Phi) is 3.34. The smallest absolute Gasteiger partial charge is 0.276 e. The minimum atomic E-state index is -0.107. The van der Waals surface area contributed by atoms with Gasteiger partial charge in [0.2, 0.25) is 0 Å². The zero-order valence-electron chi connectivity index (χ0n) is 12.6. The molecule has 0 fully saturated rings. The number of hydrogen-bond donors (Lipinski definition) is 1. The maximum absolute atomic E-state index is 12.6. The van der Waals surface area contributed by atoms with Crippen molar-refractivity contribution >= 4 is 16.9 Å². The molecule has 1 aromatic carbocycles. The fourth-order valence-electron chi connectivity index (χ4n) is 3.00. The van der Waals surface area contributed by atoms with E-state index in [-0.39, 0.29) is 5.91 Å². The highest BCUT2D eigenvalue weighted by Crippen LogP contribution is 2.30. The Hall–Kier alpha value is -2.67. The predicted octanol–water partition coefficient (Wildman–Crippen LogP) is 1.18.